The van der Waals surface area contributed by atoms with Gasteiger partial charge in [-0.2, -0.15) is 0 Å². The van der Waals surface area contributed by atoms with Crippen LogP contribution in [-0.2, 0) is 4.84 Å². The number of aromatic nitrogens is 1. The second kappa shape index (κ2) is 7.37. The normalized spacial score (nSPS) is 13.5. The third kappa shape index (κ3) is 3.99. The summed E-state index contributed by atoms with van der Waals surface area (Å²) in [6.45, 7) is 2.04. The van der Waals surface area contributed by atoms with Gasteiger partial charge in [0.15, 0.2) is 17.5 Å². The maximum atomic E-state index is 14.3. The van der Waals surface area contributed by atoms with Crippen molar-refractivity contribution in [2.45, 2.75) is 19.8 Å². The molecule has 136 valence electrons. The lowest BCUT2D eigenvalue weighted by atomic mass is 9.97. The number of pyridine rings is 1. The maximum Gasteiger partial charge on any atom is 0.277 e. The van der Waals surface area contributed by atoms with Crippen LogP contribution in [-0.4, -0.2) is 25.3 Å². The van der Waals surface area contributed by atoms with E-state index in [0.717, 1.165) is 18.3 Å². The zero-order valence-corrected chi connectivity index (χ0v) is 14.3. The number of hydrogen-bond donors (Lipinski definition) is 2. The molecule has 0 bridgehead atoms. The Kier molecular flexibility index (Phi) is 5.17. The minimum absolute atomic E-state index is 0.230. The van der Waals surface area contributed by atoms with E-state index in [2.05, 4.69) is 15.8 Å². The first-order chi connectivity index (χ1) is 12.4. The molecule has 0 unspecified atom stereocenters. The van der Waals surface area contributed by atoms with E-state index in [1.54, 1.807) is 13.0 Å². The van der Waals surface area contributed by atoms with Crippen LogP contribution in [0, 0.1) is 30.3 Å². The highest BCUT2D eigenvalue weighted by molar-refractivity contribution is 6.32. The van der Waals surface area contributed by atoms with E-state index in [1.165, 1.54) is 6.20 Å². The number of nitrogens with zero attached hydrogens (tertiary/aromatic N) is 1. The zero-order valence-electron chi connectivity index (χ0n) is 14.3. The molecule has 1 aromatic heterocycles. The summed E-state index contributed by atoms with van der Waals surface area (Å²) in [5.74, 6) is -4.90. The van der Waals surface area contributed by atoms with Gasteiger partial charge in [-0.1, -0.05) is 11.5 Å². The van der Waals surface area contributed by atoms with Gasteiger partial charge in [0.1, 0.15) is 13.7 Å². The highest BCUT2D eigenvalue weighted by atomic mass is 19.2. The summed E-state index contributed by atoms with van der Waals surface area (Å²) in [5, 5.41) is 2.59. The van der Waals surface area contributed by atoms with Gasteiger partial charge in [0.25, 0.3) is 5.91 Å². The minimum atomic E-state index is -1.67. The number of carbonyl (C=O) groups is 1. The monoisotopic (exact) mass is 363 g/mol. The van der Waals surface area contributed by atoms with Crippen molar-refractivity contribution in [2.75, 3.05) is 11.9 Å². The van der Waals surface area contributed by atoms with Crippen LogP contribution in [0.2, 0.25) is 0 Å². The van der Waals surface area contributed by atoms with Crippen molar-refractivity contribution in [3.05, 3.63) is 46.9 Å². The van der Waals surface area contributed by atoms with Crippen molar-refractivity contribution >= 4 is 30.7 Å². The lowest BCUT2D eigenvalue weighted by Crippen LogP contribution is -2.26. The van der Waals surface area contributed by atoms with Crippen LogP contribution in [0.3, 0.4) is 0 Å². The first-order valence-corrected chi connectivity index (χ1v) is 8.16. The van der Waals surface area contributed by atoms with Gasteiger partial charge >= 0.3 is 0 Å². The van der Waals surface area contributed by atoms with Crippen molar-refractivity contribution in [2.24, 2.45) is 5.92 Å². The topological polar surface area (TPSA) is 63.2 Å². The summed E-state index contributed by atoms with van der Waals surface area (Å²) in [6.07, 6.45) is 3.56. The molecule has 3 rings (SSSR count). The Morgan fingerprint density at radius 3 is 2.69 bits per heavy atom. The molecule has 1 aliphatic carbocycles. The fraction of sp³-hybridized carbons (Fsp3) is 0.294. The third-order valence-corrected chi connectivity index (χ3v) is 4.05. The first-order valence-electron chi connectivity index (χ1n) is 8.16. The van der Waals surface area contributed by atoms with Crippen molar-refractivity contribution in [3.63, 3.8) is 0 Å². The SMILES string of the molecule is Bc1cnc(Nc2c(C(=O)NOCC3CC3)cc(F)c(F)c2F)c(C)c1. The number of nitrogens with one attached hydrogen (secondary N) is 2. The summed E-state index contributed by atoms with van der Waals surface area (Å²) in [4.78, 5) is 21.4. The largest absolute Gasteiger partial charge is 0.337 e. The van der Waals surface area contributed by atoms with Crippen molar-refractivity contribution in [1.82, 2.24) is 10.5 Å². The van der Waals surface area contributed by atoms with E-state index in [0.29, 0.717) is 24.2 Å². The first kappa shape index (κ1) is 18.3. The highest BCUT2D eigenvalue weighted by Gasteiger charge is 2.25. The molecule has 1 fully saturated rings. The van der Waals surface area contributed by atoms with Gasteiger partial charge < -0.3 is 5.32 Å². The quantitative estimate of drug-likeness (QED) is 0.468. The molecule has 5 nitrogen and oxygen atoms in total. The lowest BCUT2D eigenvalue weighted by Gasteiger charge is -2.15. The molecule has 1 saturated carbocycles. The number of hydrogen-bond acceptors (Lipinski definition) is 4. The van der Waals surface area contributed by atoms with Gasteiger partial charge in [-0.05, 0) is 37.3 Å². The standard InChI is InChI=1S/C17H17BF3N3O2/c1-8-4-10(18)6-22-16(8)23-15-11(5-12(19)13(20)14(15)21)17(25)24-26-7-9-2-3-9/h4-6,9H,2-3,7,18H2,1H3,(H,22,23)(H,24,25). The Labute approximate surface area is 149 Å². The fourth-order valence-corrected chi connectivity index (χ4v) is 2.43. The van der Waals surface area contributed by atoms with Gasteiger partial charge in [0, 0.05) is 6.20 Å². The zero-order chi connectivity index (χ0) is 18.8. The molecule has 0 aliphatic heterocycles. The highest BCUT2D eigenvalue weighted by Crippen LogP contribution is 2.30. The molecule has 2 aromatic rings. The van der Waals surface area contributed by atoms with Crippen LogP contribution in [0.25, 0.3) is 0 Å². The number of rotatable bonds is 6. The molecule has 0 atom stereocenters. The molecular formula is C17H17BF3N3O2. The lowest BCUT2D eigenvalue weighted by molar-refractivity contribution is 0.0270. The van der Waals surface area contributed by atoms with Crippen LogP contribution < -0.4 is 16.3 Å². The van der Waals surface area contributed by atoms with E-state index >= 15 is 0 Å². The molecule has 0 spiro atoms. The molecule has 9 heteroatoms. The van der Waals surface area contributed by atoms with Gasteiger partial charge in [0.2, 0.25) is 0 Å². The van der Waals surface area contributed by atoms with Crippen molar-refractivity contribution < 1.29 is 22.8 Å². The molecule has 0 radical (unpaired) electrons. The van der Waals surface area contributed by atoms with Crippen molar-refractivity contribution in [1.29, 1.82) is 0 Å². The Balaban J connectivity index is 1.90. The summed E-state index contributed by atoms with van der Waals surface area (Å²) in [7, 11) is 1.83. The van der Waals surface area contributed by atoms with Gasteiger partial charge in [0.05, 0.1) is 17.9 Å². The minimum Gasteiger partial charge on any atom is -0.337 e. The second-order valence-corrected chi connectivity index (χ2v) is 6.40. The van der Waals surface area contributed by atoms with Crippen LogP contribution in [0.4, 0.5) is 24.7 Å². The molecule has 1 aliphatic rings. The summed E-state index contributed by atoms with van der Waals surface area (Å²) < 4.78 is 41.6. The van der Waals surface area contributed by atoms with Crippen LogP contribution in [0.5, 0.6) is 0 Å². The smallest absolute Gasteiger partial charge is 0.277 e. The number of halogens is 3. The molecule has 0 saturated heterocycles. The Morgan fingerprint density at radius 2 is 2.04 bits per heavy atom. The number of aryl methyl sites for hydroxylation is 1. The second-order valence-electron chi connectivity index (χ2n) is 6.40. The average Bonchev–Trinajstić information content (AvgIpc) is 3.41. The maximum absolute atomic E-state index is 14.3. The summed E-state index contributed by atoms with van der Waals surface area (Å²) in [5.41, 5.74) is 2.76. The van der Waals surface area contributed by atoms with Crippen molar-refractivity contribution in [3.8, 4) is 0 Å². The number of benzene rings is 1. The fourth-order valence-electron chi connectivity index (χ4n) is 2.43. The Hall–Kier alpha value is -2.55. The van der Waals surface area contributed by atoms with Gasteiger partial charge in [-0.15, -0.1) is 0 Å². The van der Waals surface area contributed by atoms with Crippen LogP contribution in [0.1, 0.15) is 28.8 Å². The van der Waals surface area contributed by atoms with E-state index in [1.807, 2.05) is 7.85 Å². The van der Waals surface area contributed by atoms with E-state index in [-0.39, 0.29) is 5.82 Å². The van der Waals surface area contributed by atoms with E-state index in [4.69, 9.17) is 4.84 Å². The summed E-state index contributed by atoms with van der Waals surface area (Å²) in [6, 6.07) is 2.41. The molecule has 1 amide bonds. The molecule has 1 heterocycles. The summed E-state index contributed by atoms with van der Waals surface area (Å²) >= 11 is 0. The average molecular weight is 363 g/mol. The van der Waals surface area contributed by atoms with Crippen LogP contribution in [0.15, 0.2) is 18.3 Å². The van der Waals surface area contributed by atoms with Crippen LogP contribution >= 0.6 is 0 Å². The number of anilines is 2. The molecule has 2 N–H and O–H groups in total. The van der Waals surface area contributed by atoms with E-state index < -0.39 is 34.6 Å². The van der Waals surface area contributed by atoms with Gasteiger partial charge in [-0.25, -0.2) is 23.6 Å². The number of amides is 1. The molecular weight excluding hydrogens is 346 g/mol. The van der Waals surface area contributed by atoms with E-state index in [9.17, 15) is 18.0 Å². The van der Waals surface area contributed by atoms with Gasteiger partial charge in [-0.3, -0.25) is 9.63 Å². The Bertz CT molecular complexity index is 860. The third-order valence-electron chi connectivity index (χ3n) is 4.05. The number of hydroxylamine groups is 1. The predicted octanol–water partition coefficient (Wildman–Crippen LogP) is 1.88. The predicted molar refractivity (Wildman–Crippen MR) is 92.9 cm³/mol. The molecule has 26 heavy (non-hydrogen) atoms. The Morgan fingerprint density at radius 1 is 1.31 bits per heavy atom. The number of carbonyl (C=O) groups excluding carboxylic acids is 1. The molecule has 1 aromatic carbocycles.